The zero-order valence-electron chi connectivity index (χ0n) is 12.8. The van der Waals surface area contributed by atoms with Gasteiger partial charge in [0.1, 0.15) is 0 Å². The number of benzene rings is 2. The van der Waals surface area contributed by atoms with Crippen LogP contribution in [0.4, 0.5) is 0 Å². The van der Waals surface area contributed by atoms with Gasteiger partial charge in [0.25, 0.3) is 0 Å². The molecule has 2 aromatic carbocycles. The first kappa shape index (κ1) is 14.8. The second-order valence-electron chi connectivity index (χ2n) is 5.85. The normalized spacial score (nSPS) is 16.5. The predicted molar refractivity (Wildman–Crippen MR) is 93.7 cm³/mol. The molecule has 1 saturated carbocycles. The van der Waals surface area contributed by atoms with E-state index in [0.29, 0.717) is 0 Å². The molecule has 0 bridgehead atoms. The Bertz CT molecular complexity index is 495. The third-order valence-corrected chi connectivity index (χ3v) is 6.95. The van der Waals surface area contributed by atoms with Crippen molar-refractivity contribution in [3.63, 3.8) is 0 Å². The fourth-order valence-corrected chi connectivity index (χ4v) is 5.76. The van der Waals surface area contributed by atoms with E-state index < -0.39 is 8.07 Å². The first-order chi connectivity index (χ1) is 10.4. The average Bonchev–Trinajstić information content (AvgIpc) is 2.58. The van der Waals surface area contributed by atoms with Crippen molar-refractivity contribution in [1.29, 1.82) is 0 Å². The Morgan fingerprint density at radius 2 is 1.24 bits per heavy atom. The summed E-state index contributed by atoms with van der Waals surface area (Å²) in [5, 5.41) is 2.93. The number of hydrogen-bond acceptors (Lipinski definition) is 1. The van der Waals surface area contributed by atoms with Crippen molar-refractivity contribution >= 4 is 18.7 Å². The van der Waals surface area contributed by atoms with Crippen LogP contribution in [0.5, 0.6) is 0 Å². The van der Waals surface area contributed by atoms with Gasteiger partial charge in [-0.3, -0.25) is 4.67 Å². The van der Waals surface area contributed by atoms with Crippen LogP contribution in [0.1, 0.15) is 32.1 Å². The molecule has 1 fully saturated rings. The summed E-state index contributed by atoms with van der Waals surface area (Å²) in [6.45, 7) is 0. The highest BCUT2D eigenvalue weighted by molar-refractivity contribution is 7.70. The number of hydrogen-bond donors (Lipinski definition) is 0. The standard InChI is InChI=1S/C19H24NP/c1-20(17-11-5-2-6-12-17)21(18-13-7-3-8-14-18)19-15-9-4-10-16-19/h3-4,7-10,13-17H,2,5-6,11-12H2,1H3. The molecular formula is C19H24NP. The fourth-order valence-electron chi connectivity index (χ4n) is 3.27. The Kier molecular flexibility index (Phi) is 5.06. The van der Waals surface area contributed by atoms with Gasteiger partial charge in [-0.1, -0.05) is 79.9 Å². The van der Waals surface area contributed by atoms with Crippen LogP contribution in [0.2, 0.25) is 0 Å². The second kappa shape index (κ2) is 7.20. The van der Waals surface area contributed by atoms with E-state index in [0.717, 1.165) is 6.04 Å². The Balaban J connectivity index is 1.92. The van der Waals surface area contributed by atoms with Crippen molar-refractivity contribution < 1.29 is 0 Å². The molecule has 1 aliphatic carbocycles. The van der Waals surface area contributed by atoms with Gasteiger partial charge in [-0.05, 0) is 30.5 Å². The SMILES string of the molecule is CN(C1CCCCC1)P(c1ccccc1)c1ccccc1. The second-order valence-corrected chi connectivity index (χ2v) is 8.14. The summed E-state index contributed by atoms with van der Waals surface area (Å²) in [4.78, 5) is 0. The van der Waals surface area contributed by atoms with Crippen molar-refractivity contribution in [1.82, 2.24) is 4.67 Å². The fraction of sp³-hybridized carbons (Fsp3) is 0.368. The lowest BCUT2D eigenvalue weighted by atomic mass is 9.96. The van der Waals surface area contributed by atoms with Gasteiger partial charge >= 0.3 is 0 Å². The molecule has 0 heterocycles. The lowest BCUT2D eigenvalue weighted by Crippen LogP contribution is -2.35. The highest BCUT2D eigenvalue weighted by Gasteiger charge is 2.26. The van der Waals surface area contributed by atoms with Gasteiger partial charge in [0.15, 0.2) is 0 Å². The molecule has 0 aromatic heterocycles. The molecule has 0 amide bonds. The van der Waals surface area contributed by atoms with Gasteiger partial charge in [0.2, 0.25) is 0 Å². The van der Waals surface area contributed by atoms with Gasteiger partial charge in [0.05, 0.1) is 0 Å². The molecule has 21 heavy (non-hydrogen) atoms. The Morgan fingerprint density at radius 1 is 0.762 bits per heavy atom. The van der Waals surface area contributed by atoms with E-state index in [1.807, 2.05) is 0 Å². The van der Waals surface area contributed by atoms with Crippen LogP contribution < -0.4 is 10.6 Å². The minimum absolute atomic E-state index is 0.402. The maximum Gasteiger partial charge on any atom is 0.0281 e. The molecule has 0 unspecified atom stereocenters. The minimum atomic E-state index is -0.402. The minimum Gasteiger partial charge on any atom is -0.275 e. The van der Waals surface area contributed by atoms with E-state index >= 15 is 0 Å². The Morgan fingerprint density at radius 3 is 1.71 bits per heavy atom. The summed E-state index contributed by atoms with van der Waals surface area (Å²) in [6.07, 6.45) is 6.91. The van der Waals surface area contributed by atoms with Crippen molar-refractivity contribution in [2.45, 2.75) is 38.1 Å². The van der Waals surface area contributed by atoms with Gasteiger partial charge in [-0.15, -0.1) is 0 Å². The number of nitrogens with zero attached hydrogens (tertiary/aromatic N) is 1. The van der Waals surface area contributed by atoms with E-state index in [1.54, 1.807) is 0 Å². The third-order valence-electron chi connectivity index (χ3n) is 4.42. The topological polar surface area (TPSA) is 3.24 Å². The first-order valence-corrected chi connectivity index (χ1v) is 9.28. The highest BCUT2D eigenvalue weighted by Crippen LogP contribution is 2.41. The monoisotopic (exact) mass is 297 g/mol. The van der Waals surface area contributed by atoms with E-state index in [-0.39, 0.29) is 0 Å². The molecule has 2 heteroatoms. The van der Waals surface area contributed by atoms with Gasteiger partial charge in [-0.2, -0.15) is 0 Å². The summed E-state index contributed by atoms with van der Waals surface area (Å²) in [5.41, 5.74) is 0. The summed E-state index contributed by atoms with van der Waals surface area (Å²) < 4.78 is 2.67. The quantitative estimate of drug-likeness (QED) is 0.761. The van der Waals surface area contributed by atoms with Crippen molar-refractivity contribution in [2.24, 2.45) is 0 Å². The predicted octanol–water partition coefficient (Wildman–Crippen LogP) is 4.30. The van der Waals surface area contributed by atoms with Crippen LogP contribution in [0.15, 0.2) is 60.7 Å². The van der Waals surface area contributed by atoms with Gasteiger partial charge < -0.3 is 0 Å². The van der Waals surface area contributed by atoms with Crippen LogP contribution in [-0.2, 0) is 0 Å². The molecule has 3 rings (SSSR count). The van der Waals surface area contributed by atoms with E-state index in [9.17, 15) is 0 Å². The molecule has 0 atom stereocenters. The molecule has 2 aromatic rings. The molecule has 1 aliphatic rings. The van der Waals surface area contributed by atoms with Crippen LogP contribution in [0.3, 0.4) is 0 Å². The zero-order chi connectivity index (χ0) is 14.5. The van der Waals surface area contributed by atoms with Crippen LogP contribution in [0, 0.1) is 0 Å². The molecule has 0 aliphatic heterocycles. The lowest BCUT2D eigenvalue weighted by molar-refractivity contribution is 0.300. The van der Waals surface area contributed by atoms with E-state index in [2.05, 4.69) is 72.4 Å². The van der Waals surface area contributed by atoms with E-state index in [1.165, 1.54) is 42.7 Å². The summed E-state index contributed by atoms with van der Waals surface area (Å²) >= 11 is 0. The highest BCUT2D eigenvalue weighted by atomic mass is 31.1. The Labute approximate surface area is 129 Å². The van der Waals surface area contributed by atoms with E-state index in [4.69, 9.17) is 0 Å². The Hall–Kier alpha value is -1.17. The lowest BCUT2D eigenvalue weighted by Gasteiger charge is -2.37. The van der Waals surface area contributed by atoms with Gasteiger partial charge in [-0.25, -0.2) is 0 Å². The van der Waals surface area contributed by atoms with Crippen molar-refractivity contribution in [3.8, 4) is 0 Å². The molecular weight excluding hydrogens is 273 g/mol. The maximum atomic E-state index is 2.67. The molecule has 0 spiro atoms. The molecule has 110 valence electrons. The van der Waals surface area contributed by atoms with Crippen LogP contribution >= 0.6 is 8.07 Å². The van der Waals surface area contributed by atoms with Crippen LogP contribution in [0.25, 0.3) is 0 Å². The maximum absolute atomic E-state index is 2.67. The molecule has 0 saturated heterocycles. The first-order valence-electron chi connectivity index (χ1n) is 7.99. The van der Waals surface area contributed by atoms with Crippen molar-refractivity contribution in [2.75, 3.05) is 7.05 Å². The summed E-state index contributed by atoms with van der Waals surface area (Å²) in [5.74, 6) is 0. The third kappa shape index (κ3) is 3.54. The summed E-state index contributed by atoms with van der Waals surface area (Å²) in [6, 6.07) is 22.8. The van der Waals surface area contributed by atoms with Gasteiger partial charge in [0, 0.05) is 14.1 Å². The summed E-state index contributed by atoms with van der Waals surface area (Å²) in [7, 11) is 1.93. The van der Waals surface area contributed by atoms with Crippen LogP contribution in [-0.4, -0.2) is 17.8 Å². The molecule has 0 N–H and O–H groups in total. The zero-order valence-corrected chi connectivity index (χ0v) is 13.7. The molecule has 0 radical (unpaired) electrons. The van der Waals surface area contributed by atoms with Crippen molar-refractivity contribution in [3.05, 3.63) is 60.7 Å². The average molecular weight is 297 g/mol. The molecule has 1 nitrogen and oxygen atoms in total. The number of rotatable bonds is 4. The largest absolute Gasteiger partial charge is 0.275 e. The smallest absolute Gasteiger partial charge is 0.0281 e.